The van der Waals surface area contributed by atoms with Gasteiger partial charge in [0.2, 0.25) is 11.8 Å². The molecule has 0 saturated carbocycles. The second-order valence-corrected chi connectivity index (χ2v) is 8.09. The van der Waals surface area contributed by atoms with Gasteiger partial charge in [-0.25, -0.2) is 0 Å². The molecule has 1 unspecified atom stereocenters. The monoisotopic (exact) mass is 491 g/mol. The number of imide groups is 1. The van der Waals surface area contributed by atoms with Gasteiger partial charge < -0.3 is 10.2 Å². The van der Waals surface area contributed by atoms with Gasteiger partial charge in [-0.3, -0.25) is 24.5 Å². The van der Waals surface area contributed by atoms with Crippen LogP contribution in [0.3, 0.4) is 0 Å². The maximum Gasteiger partial charge on any atom is 0.349 e. The summed E-state index contributed by atoms with van der Waals surface area (Å²) in [6, 6.07) is 8.74. The Kier molecular flexibility index (Phi) is 7.66. The number of amides is 4. The number of fused-ring (bicyclic) bond motifs is 1. The highest BCUT2D eigenvalue weighted by molar-refractivity contribution is 6.30. The van der Waals surface area contributed by atoms with Crippen LogP contribution in [0.2, 0.25) is 5.02 Å². The van der Waals surface area contributed by atoms with E-state index in [2.05, 4.69) is 10.6 Å². The molecule has 2 aromatic carbocycles. The van der Waals surface area contributed by atoms with Gasteiger partial charge in [0.1, 0.15) is 6.04 Å². The Labute approximate surface area is 200 Å². The molecule has 0 aromatic heterocycles. The average Bonchev–Trinajstić information content (AvgIpc) is 3.14. The number of benzene rings is 2. The number of alkyl halides is 2. The van der Waals surface area contributed by atoms with Crippen molar-refractivity contribution in [3.8, 4) is 0 Å². The molecule has 4 rings (SSSR count). The first-order valence-electron chi connectivity index (χ1n) is 10.9. The summed E-state index contributed by atoms with van der Waals surface area (Å²) < 4.78 is 28.8. The van der Waals surface area contributed by atoms with Gasteiger partial charge in [0.25, 0.3) is 11.8 Å². The molecule has 2 N–H and O–H groups in total. The lowest BCUT2D eigenvalue weighted by molar-refractivity contribution is -0.147. The van der Waals surface area contributed by atoms with Crippen LogP contribution >= 0.6 is 11.6 Å². The SMILES string of the molecule is CC.O=C1CCC(N2Cc3cc(CNC(=O)C(F)(F)c4ccc(Cl)cc4)ccc3C2=O)C(=O)N1. The third-order valence-electron chi connectivity index (χ3n) is 5.53. The van der Waals surface area contributed by atoms with Crippen molar-refractivity contribution in [2.75, 3.05) is 0 Å². The van der Waals surface area contributed by atoms with Crippen molar-refractivity contribution in [2.24, 2.45) is 0 Å². The van der Waals surface area contributed by atoms with Gasteiger partial charge in [-0.05, 0) is 35.7 Å². The summed E-state index contributed by atoms with van der Waals surface area (Å²) in [5, 5.41) is 4.73. The number of nitrogens with one attached hydrogen (secondary N) is 2. The predicted molar refractivity (Wildman–Crippen MR) is 121 cm³/mol. The number of rotatable bonds is 5. The Balaban J connectivity index is 0.00000158. The molecule has 0 aliphatic carbocycles. The molecule has 180 valence electrons. The van der Waals surface area contributed by atoms with Crippen molar-refractivity contribution in [2.45, 2.75) is 51.7 Å². The first kappa shape index (κ1) is 25.3. The van der Waals surface area contributed by atoms with E-state index < -0.39 is 29.3 Å². The lowest BCUT2D eigenvalue weighted by atomic mass is 10.0. The molecule has 2 aliphatic rings. The molecule has 10 heteroatoms. The summed E-state index contributed by atoms with van der Waals surface area (Å²) in [6.07, 6.45) is 0.392. The number of hydrogen-bond acceptors (Lipinski definition) is 4. The molecule has 1 atom stereocenters. The van der Waals surface area contributed by atoms with Crippen molar-refractivity contribution >= 4 is 35.2 Å². The van der Waals surface area contributed by atoms with Crippen LogP contribution in [0, 0.1) is 0 Å². The van der Waals surface area contributed by atoms with Crippen LogP contribution in [0.4, 0.5) is 8.78 Å². The summed E-state index contributed by atoms with van der Waals surface area (Å²) in [4.78, 5) is 49.7. The van der Waals surface area contributed by atoms with E-state index >= 15 is 0 Å². The molecular weight excluding hydrogens is 468 g/mol. The molecule has 1 saturated heterocycles. The Bertz CT molecular complexity index is 1120. The third kappa shape index (κ3) is 5.09. The second kappa shape index (κ2) is 10.3. The van der Waals surface area contributed by atoms with Gasteiger partial charge in [0.15, 0.2) is 0 Å². The minimum atomic E-state index is -3.74. The number of piperidine rings is 1. The fourth-order valence-corrected chi connectivity index (χ4v) is 3.95. The molecular formula is C24H24ClF2N3O4. The standard InChI is InChI=1S/C22H18ClF2N3O4.C2H6/c23-15-4-2-14(3-5-15)22(24,25)21(32)26-10-12-1-6-16-13(9-12)11-28(20(16)31)17-7-8-18(29)27-19(17)30;1-2/h1-6,9,17H,7-8,10-11H2,(H,26,32)(H,27,29,30);1-2H3. The van der Waals surface area contributed by atoms with E-state index in [0.29, 0.717) is 16.7 Å². The molecule has 2 aliphatic heterocycles. The maximum absolute atomic E-state index is 14.4. The zero-order chi connectivity index (χ0) is 25.0. The van der Waals surface area contributed by atoms with Gasteiger partial charge in [-0.15, -0.1) is 0 Å². The Morgan fingerprint density at radius 1 is 1.15 bits per heavy atom. The van der Waals surface area contributed by atoms with E-state index in [1.165, 1.54) is 17.0 Å². The fourth-order valence-electron chi connectivity index (χ4n) is 3.82. The van der Waals surface area contributed by atoms with Crippen molar-refractivity contribution in [1.82, 2.24) is 15.5 Å². The molecule has 4 amide bonds. The second-order valence-electron chi connectivity index (χ2n) is 7.66. The topological polar surface area (TPSA) is 95.6 Å². The van der Waals surface area contributed by atoms with Crippen LogP contribution in [0.1, 0.15) is 53.7 Å². The minimum absolute atomic E-state index is 0.148. The van der Waals surface area contributed by atoms with Gasteiger partial charge in [-0.1, -0.05) is 49.7 Å². The van der Waals surface area contributed by atoms with Crippen molar-refractivity contribution in [1.29, 1.82) is 0 Å². The highest BCUT2D eigenvalue weighted by atomic mass is 35.5. The van der Waals surface area contributed by atoms with Crippen molar-refractivity contribution < 1.29 is 28.0 Å². The molecule has 0 radical (unpaired) electrons. The number of nitrogens with zero attached hydrogens (tertiary/aromatic N) is 1. The molecule has 7 nitrogen and oxygen atoms in total. The van der Waals surface area contributed by atoms with Crippen LogP contribution in [-0.4, -0.2) is 34.6 Å². The lowest BCUT2D eigenvalue weighted by Gasteiger charge is -2.29. The van der Waals surface area contributed by atoms with Crippen LogP contribution in [0.5, 0.6) is 0 Å². The largest absolute Gasteiger partial charge is 0.349 e. The number of carbonyl (C=O) groups is 4. The zero-order valence-corrected chi connectivity index (χ0v) is 19.4. The minimum Gasteiger partial charge on any atom is -0.346 e. The van der Waals surface area contributed by atoms with Crippen LogP contribution in [0.15, 0.2) is 42.5 Å². The van der Waals surface area contributed by atoms with E-state index in [9.17, 15) is 28.0 Å². The summed E-state index contributed by atoms with van der Waals surface area (Å²) in [6.45, 7) is 3.99. The molecule has 34 heavy (non-hydrogen) atoms. The van der Waals surface area contributed by atoms with Crippen molar-refractivity contribution in [3.05, 3.63) is 69.7 Å². The van der Waals surface area contributed by atoms with E-state index in [0.717, 1.165) is 12.1 Å². The molecule has 2 aromatic rings. The molecule has 2 heterocycles. The number of carbonyl (C=O) groups excluding carboxylic acids is 4. The van der Waals surface area contributed by atoms with Crippen LogP contribution in [0.25, 0.3) is 0 Å². The van der Waals surface area contributed by atoms with Gasteiger partial charge >= 0.3 is 5.92 Å². The number of halogens is 3. The Hall–Kier alpha value is -3.33. The normalized spacial score (nSPS) is 17.5. The van der Waals surface area contributed by atoms with E-state index in [1.807, 2.05) is 13.8 Å². The number of hydrogen-bond donors (Lipinski definition) is 2. The zero-order valence-electron chi connectivity index (χ0n) is 18.7. The fraction of sp³-hybridized carbons (Fsp3) is 0.333. The lowest BCUT2D eigenvalue weighted by Crippen LogP contribution is -2.52. The van der Waals surface area contributed by atoms with Crippen LogP contribution in [-0.2, 0) is 33.4 Å². The first-order valence-corrected chi connectivity index (χ1v) is 11.2. The molecule has 0 spiro atoms. The van der Waals surface area contributed by atoms with E-state index in [-0.39, 0.29) is 42.8 Å². The average molecular weight is 492 g/mol. The smallest absolute Gasteiger partial charge is 0.346 e. The summed E-state index contributed by atoms with van der Waals surface area (Å²) in [5.41, 5.74) is 1.08. The van der Waals surface area contributed by atoms with E-state index in [4.69, 9.17) is 11.6 Å². The summed E-state index contributed by atoms with van der Waals surface area (Å²) in [5.74, 6) is -6.41. The van der Waals surface area contributed by atoms with Gasteiger partial charge in [-0.2, -0.15) is 8.78 Å². The first-order chi connectivity index (χ1) is 16.2. The third-order valence-corrected chi connectivity index (χ3v) is 5.78. The van der Waals surface area contributed by atoms with E-state index in [1.54, 1.807) is 18.2 Å². The highest BCUT2D eigenvalue weighted by Crippen LogP contribution is 2.30. The Morgan fingerprint density at radius 2 is 1.82 bits per heavy atom. The molecule has 0 bridgehead atoms. The summed E-state index contributed by atoms with van der Waals surface area (Å²) in [7, 11) is 0. The van der Waals surface area contributed by atoms with Crippen molar-refractivity contribution in [3.63, 3.8) is 0 Å². The summed E-state index contributed by atoms with van der Waals surface area (Å²) >= 11 is 5.70. The van der Waals surface area contributed by atoms with Gasteiger partial charge in [0, 0.05) is 35.7 Å². The Morgan fingerprint density at radius 3 is 2.47 bits per heavy atom. The quantitative estimate of drug-likeness (QED) is 0.625. The molecule has 1 fully saturated rings. The maximum atomic E-state index is 14.4. The predicted octanol–water partition coefficient (Wildman–Crippen LogP) is 3.54. The van der Waals surface area contributed by atoms with Gasteiger partial charge in [0.05, 0.1) is 0 Å². The van der Waals surface area contributed by atoms with Crippen LogP contribution < -0.4 is 10.6 Å². The highest BCUT2D eigenvalue weighted by Gasteiger charge is 2.41.